The van der Waals surface area contributed by atoms with Crippen molar-refractivity contribution < 1.29 is 9.53 Å². The lowest BCUT2D eigenvalue weighted by molar-refractivity contribution is -0.149. The molecule has 0 aromatic rings. The smallest absolute Gasteiger partial charge is 0.320 e. The molecule has 88 valence electrons. The highest BCUT2D eigenvalue weighted by molar-refractivity contribution is 5.71. The minimum absolute atomic E-state index is 0.0134. The standard InChI is InChI=1S/C11H22N2O2/c1-4-5-13(10-6-12-7-10)8-11(14)15-9(2)3/h9-10,12H,4-8H2,1-3H3. The molecular weight excluding hydrogens is 192 g/mol. The maximum atomic E-state index is 11.5. The highest BCUT2D eigenvalue weighted by Crippen LogP contribution is 2.06. The van der Waals surface area contributed by atoms with E-state index in [9.17, 15) is 4.79 Å². The number of nitrogens with zero attached hydrogens (tertiary/aromatic N) is 1. The average Bonchev–Trinajstić information content (AvgIpc) is 1.98. The van der Waals surface area contributed by atoms with Gasteiger partial charge in [-0.3, -0.25) is 9.69 Å². The molecule has 1 heterocycles. The number of carbonyl (C=O) groups is 1. The molecule has 15 heavy (non-hydrogen) atoms. The summed E-state index contributed by atoms with van der Waals surface area (Å²) in [5, 5.41) is 3.22. The second kappa shape index (κ2) is 6.08. The molecule has 4 heteroatoms. The van der Waals surface area contributed by atoms with Crippen molar-refractivity contribution in [2.45, 2.75) is 39.3 Å². The number of esters is 1. The third-order valence-electron chi connectivity index (χ3n) is 2.49. The molecule has 0 bridgehead atoms. The fraction of sp³-hybridized carbons (Fsp3) is 0.909. The van der Waals surface area contributed by atoms with E-state index in [0.29, 0.717) is 12.6 Å². The van der Waals surface area contributed by atoms with Crippen LogP contribution in [0.25, 0.3) is 0 Å². The van der Waals surface area contributed by atoms with Crippen molar-refractivity contribution in [1.82, 2.24) is 10.2 Å². The first kappa shape index (κ1) is 12.5. The Bertz CT molecular complexity index is 203. The van der Waals surface area contributed by atoms with Crippen LogP contribution < -0.4 is 5.32 Å². The van der Waals surface area contributed by atoms with E-state index in [1.807, 2.05) is 13.8 Å². The first-order chi connectivity index (χ1) is 7.13. The lowest BCUT2D eigenvalue weighted by Gasteiger charge is -2.37. The van der Waals surface area contributed by atoms with Crippen molar-refractivity contribution in [2.75, 3.05) is 26.2 Å². The molecular formula is C11H22N2O2. The molecule has 1 aliphatic rings. The van der Waals surface area contributed by atoms with Crippen molar-refractivity contribution in [1.29, 1.82) is 0 Å². The van der Waals surface area contributed by atoms with Crippen molar-refractivity contribution in [3.63, 3.8) is 0 Å². The molecule has 1 saturated heterocycles. The minimum Gasteiger partial charge on any atom is -0.462 e. The van der Waals surface area contributed by atoms with E-state index in [1.54, 1.807) is 0 Å². The van der Waals surface area contributed by atoms with E-state index in [1.165, 1.54) is 0 Å². The van der Waals surface area contributed by atoms with Crippen LogP contribution in [-0.4, -0.2) is 49.2 Å². The number of nitrogens with one attached hydrogen (secondary N) is 1. The largest absolute Gasteiger partial charge is 0.462 e. The predicted octanol–water partition coefficient (Wildman–Crippen LogP) is 0.622. The molecule has 0 radical (unpaired) electrons. The van der Waals surface area contributed by atoms with Crippen LogP contribution in [-0.2, 0) is 9.53 Å². The number of hydrogen-bond acceptors (Lipinski definition) is 4. The second-order valence-corrected chi connectivity index (χ2v) is 4.32. The molecule has 0 aromatic carbocycles. The van der Waals surface area contributed by atoms with Gasteiger partial charge >= 0.3 is 5.97 Å². The van der Waals surface area contributed by atoms with E-state index in [0.717, 1.165) is 26.1 Å². The van der Waals surface area contributed by atoms with Crippen LogP contribution >= 0.6 is 0 Å². The Morgan fingerprint density at radius 1 is 1.53 bits per heavy atom. The van der Waals surface area contributed by atoms with E-state index >= 15 is 0 Å². The van der Waals surface area contributed by atoms with Crippen molar-refractivity contribution in [2.24, 2.45) is 0 Å². The van der Waals surface area contributed by atoms with Crippen LogP contribution in [0.4, 0.5) is 0 Å². The van der Waals surface area contributed by atoms with E-state index in [2.05, 4.69) is 17.1 Å². The molecule has 0 spiro atoms. The molecule has 1 N–H and O–H groups in total. The van der Waals surface area contributed by atoms with Gasteiger partial charge in [0.05, 0.1) is 12.6 Å². The molecule has 1 fully saturated rings. The maximum absolute atomic E-state index is 11.5. The molecule has 0 aromatic heterocycles. The summed E-state index contributed by atoms with van der Waals surface area (Å²) in [5.74, 6) is -0.106. The Hall–Kier alpha value is -0.610. The van der Waals surface area contributed by atoms with Gasteiger partial charge in [0, 0.05) is 19.1 Å². The Balaban J connectivity index is 2.32. The summed E-state index contributed by atoms with van der Waals surface area (Å²) in [6, 6.07) is 0.518. The summed E-state index contributed by atoms with van der Waals surface area (Å²) >= 11 is 0. The molecule has 0 amide bonds. The second-order valence-electron chi connectivity index (χ2n) is 4.32. The van der Waals surface area contributed by atoms with Crippen molar-refractivity contribution in [3.05, 3.63) is 0 Å². The van der Waals surface area contributed by atoms with E-state index in [-0.39, 0.29) is 12.1 Å². The summed E-state index contributed by atoms with van der Waals surface area (Å²) < 4.78 is 5.14. The Morgan fingerprint density at radius 2 is 2.20 bits per heavy atom. The number of rotatable bonds is 6. The molecule has 4 nitrogen and oxygen atoms in total. The van der Waals surface area contributed by atoms with E-state index in [4.69, 9.17) is 4.74 Å². The van der Waals surface area contributed by atoms with Gasteiger partial charge in [0.1, 0.15) is 0 Å². The SMILES string of the molecule is CCCN(CC(=O)OC(C)C)C1CNC1. The predicted molar refractivity (Wildman–Crippen MR) is 59.7 cm³/mol. The summed E-state index contributed by atoms with van der Waals surface area (Å²) in [6.45, 7) is 9.29. The number of ether oxygens (including phenoxy) is 1. The van der Waals surface area contributed by atoms with Crippen LogP contribution in [0.3, 0.4) is 0 Å². The molecule has 0 atom stereocenters. The Labute approximate surface area is 92.0 Å². The fourth-order valence-electron chi connectivity index (χ4n) is 1.68. The zero-order valence-corrected chi connectivity index (χ0v) is 9.95. The highest BCUT2D eigenvalue weighted by Gasteiger charge is 2.25. The van der Waals surface area contributed by atoms with Crippen LogP contribution in [0.1, 0.15) is 27.2 Å². The summed E-state index contributed by atoms with van der Waals surface area (Å²) in [7, 11) is 0. The molecule has 0 unspecified atom stereocenters. The van der Waals surface area contributed by atoms with Crippen LogP contribution in [0.5, 0.6) is 0 Å². The minimum atomic E-state index is -0.106. The number of hydrogen-bond donors (Lipinski definition) is 1. The van der Waals surface area contributed by atoms with Crippen LogP contribution in [0.2, 0.25) is 0 Å². The lowest BCUT2D eigenvalue weighted by Crippen LogP contribution is -2.58. The van der Waals surface area contributed by atoms with E-state index < -0.39 is 0 Å². The zero-order valence-electron chi connectivity index (χ0n) is 9.95. The fourth-order valence-corrected chi connectivity index (χ4v) is 1.68. The third-order valence-corrected chi connectivity index (χ3v) is 2.49. The maximum Gasteiger partial charge on any atom is 0.320 e. The molecule has 0 saturated carbocycles. The summed E-state index contributed by atoms with van der Waals surface area (Å²) in [4.78, 5) is 13.7. The Morgan fingerprint density at radius 3 is 2.60 bits per heavy atom. The monoisotopic (exact) mass is 214 g/mol. The van der Waals surface area contributed by atoms with Crippen LogP contribution in [0, 0.1) is 0 Å². The third kappa shape index (κ3) is 4.18. The summed E-state index contributed by atoms with van der Waals surface area (Å²) in [6.07, 6.45) is 1.06. The highest BCUT2D eigenvalue weighted by atomic mass is 16.5. The van der Waals surface area contributed by atoms with Crippen LogP contribution in [0.15, 0.2) is 0 Å². The number of carbonyl (C=O) groups excluding carboxylic acids is 1. The molecule has 1 rings (SSSR count). The Kier molecular flexibility index (Phi) is 5.05. The van der Waals surface area contributed by atoms with Gasteiger partial charge in [-0.25, -0.2) is 0 Å². The molecule has 0 aliphatic carbocycles. The first-order valence-corrected chi connectivity index (χ1v) is 5.77. The van der Waals surface area contributed by atoms with Gasteiger partial charge in [-0.2, -0.15) is 0 Å². The average molecular weight is 214 g/mol. The van der Waals surface area contributed by atoms with Gasteiger partial charge in [-0.15, -0.1) is 0 Å². The first-order valence-electron chi connectivity index (χ1n) is 5.77. The van der Waals surface area contributed by atoms with Gasteiger partial charge in [0.2, 0.25) is 0 Å². The summed E-state index contributed by atoms with van der Waals surface area (Å²) in [5.41, 5.74) is 0. The lowest BCUT2D eigenvalue weighted by atomic mass is 10.1. The zero-order chi connectivity index (χ0) is 11.3. The van der Waals surface area contributed by atoms with Gasteiger partial charge in [-0.1, -0.05) is 6.92 Å². The van der Waals surface area contributed by atoms with Gasteiger partial charge in [0.15, 0.2) is 0 Å². The van der Waals surface area contributed by atoms with Gasteiger partial charge < -0.3 is 10.1 Å². The molecule has 1 aliphatic heterocycles. The van der Waals surface area contributed by atoms with Gasteiger partial charge in [0.25, 0.3) is 0 Å². The van der Waals surface area contributed by atoms with Crippen molar-refractivity contribution in [3.8, 4) is 0 Å². The van der Waals surface area contributed by atoms with Gasteiger partial charge in [-0.05, 0) is 26.8 Å². The topological polar surface area (TPSA) is 41.6 Å². The normalized spacial score (nSPS) is 16.9. The van der Waals surface area contributed by atoms with Crippen molar-refractivity contribution >= 4 is 5.97 Å². The quantitative estimate of drug-likeness (QED) is 0.658.